The van der Waals surface area contributed by atoms with E-state index in [1.807, 2.05) is 41.1 Å². The molecule has 2 fully saturated rings. The number of hydrogen-bond acceptors (Lipinski definition) is 7. The van der Waals surface area contributed by atoms with Gasteiger partial charge in [-0.05, 0) is 65.6 Å². The highest BCUT2D eigenvalue weighted by Gasteiger charge is 2.32. The van der Waals surface area contributed by atoms with Crippen molar-refractivity contribution in [3.63, 3.8) is 0 Å². The first-order valence-corrected chi connectivity index (χ1v) is 13.3. The Bertz CT molecular complexity index is 1260. The summed E-state index contributed by atoms with van der Waals surface area (Å²) in [4.78, 5) is 9.52. The summed E-state index contributed by atoms with van der Waals surface area (Å²) < 4.78 is 7.91. The van der Waals surface area contributed by atoms with Crippen LogP contribution in [0.15, 0.2) is 79.0 Å². The monoisotopic (exact) mass is 495 g/mol. The Hall–Kier alpha value is -3.62. The van der Waals surface area contributed by atoms with Crippen LogP contribution in [-0.4, -0.2) is 67.2 Å². The molecule has 2 aliphatic rings. The molecule has 1 unspecified atom stereocenters. The van der Waals surface area contributed by atoms with Crippen LogP contribution < -0.4 is 4.74 Å². The molecular weight excluding hydrogens is 462 g/mol. The molecule has 190 valence electrons. The first-order chi connectivity index (χ1) is 18.3. The number of tetrazole rings is 1. The van der Waals surface area contributed by atoms with Crippen LogP contribution in [-0.2, 0) is 6.54 Å². The van der Waals surface area contributed by atoms with E-state index in [-0.39, 0.29) is 6.04 Å². The molecule has 1 saturated heterocycles. The van der Waals surface area contributed by atoms with E-state index in [2.05, 4.69) is 66.7 Å². The van der Waals surface area contributed by atoms with Crippen molar-refractivity contribution >= 4 is 0 Å². The normalized spacial score (nSPS) is 18.2. The fourth-order valence-electron chi connectivity index (χ4n) is 5.38. The summed E-state index contributed by atoms with van der Waals surface area (Å²) in [5, 5.41) is 13.1. The van der Waals surface area contributed by atoms with Gasteiger partial charge in [-0.2, -0.15) is 0 Å². The highest BCUT2D eigenvalue weighted by molar-refractivity contribution is 5.34. The Morgan fingerprint density at radius 3 is 2.43 bits per heavy atom. The molecule has 8 heteroatoms. The molecule has 4 aromatic rings. The van der Waals surface area contributed by atoms with Gasteiger partial charge in [-0.3, -0.25) is 9.80 Å². The lowest BCUT2D eigenvalue weighted by molar-refractivity contribution is 0.127. The number of hydrogen-bond donors (Lipinski definition) is 0. The van der Waals surface area contributed by atoms with Crippen LogP contribution in [0, 0.1) is 0 Å². The van der Waals surface area contributed by atoms with Crippen LogP contribution in [0.5, 0.6) is 11.6 Å². The van der Waals surface area contributed by atoms with Crippen LogP contribution in [0.25, 0.3) is 0 Å². The minimum Gasteiger partial charge on any atom is -0.439 e. The first kappa shape index (κ1) is 23.8. The second-order valence-electron chi connectivity index (χ2n) is 9.93. The quantitative estimate of drug-likeness (QED) is 0.355. The third kappa shape index (κ3) is 5.55. The molecule has 0 bridgehead atoms. The number of rotatable bonds is 8. The lowest BCUT2D eigenvalue weighted by Gasteiger charge is -2.37. The van der Waals surface area contributed by atoms with Gasteiger partial charge in [0.25, 0.3) is 0 Å². The summed E-state index contributed by atoms with van der Waals surface area (Å²) in [6.45, 7) is 4.90. The molecule has 1 atom stereocenters. The molecule has 3 heterocycles. The molecule has 0 radical (unpaired) electrons. The predicted octanol–water partition coefficient (Wildman–Crippen LogP) is 4.56. The average molecular weight is 496 g/mol. The van der Waals surface area contributed by atoms with E-state index in [0.29, 0.717) is 12.4 Å². The van der Waals surface area contributed by atoms with Crippen LogP contribution in [0.3, 0.4) is 0 Å². The molecule has 0 spiro atoms. The molecule has 2 aromatic heterocycles. The van der Waals surface area contributed by atoms with Gasteiger partial charge in [0, 0.05) is 37.9 Å². The van der Waals surface area contributed by atoms with Gasteiger partial charge < -0.3 is 4.74 Å². The van der Waals surface area contributed by atoms with Gasteiger partial charge in [-0.15, -0.1) is 5.10 Å². The van der Waals surface area contributed by atoms with E-state index in [9.17, 15) is 0 Å². The predicted molar refractivity (Wildman–Crippen MR) is 141 cm³/mol. The lowest BCUT2D eigenvalue weighted by Crippen LogP contribution is -2.42. The summed E-state index contributed by atoms with van der Waals surface area (Å²) in [7, 11) is 0. The summed E-state index contributed by atoms with van der Waals surface area (Å²) in [6, 6.07) is 25.1. The highest BCUT2D eigenvalue weighted by Crippen LogP contribution is 2.32. The third-order valence-electron chi connectivity index (χ3n) is 7.56. The van der Waals surface area contributed by atoms with Crippen LogP contribution in [0.4, 0.5) is 0 Å². The van der Waals surface area contributed by atoms with Crippen LogP contribution in [0.1, 0.15) is 48.7 Å². The van der Waals surface area contributed by atoms with E-state index in [1.165, 1.54) is 31.4 Å². The number of ether oxygens (including phenoxy) is 1. The Balaban J connectivity index is 1.28. The van der Waals surface area contributed by atoms with E-state index in [4.69, 9.17) is 4.74 Å². The molecular formula is C29H33N7O. The van der Waals surface area contributed by atoms with Crippen molar-refractivity contribution < 1.29 is 4.74 Å². The maximum absolute atomic E-state index is 5.95. The number of pyridine rings is 1. The van der Waals surface area contributed by atoms with E-state index < -0.39 is 0 Å². The van der Waals surface area contributed by atoms with Crippen molar-refractivity contribution in [1.82, 2.24) is 35.0 Å². The van der Waals surface area contributed by atoms with Gasteiger partial charge in [0.15, 0.2) is 5.82 Å². The molecule has 1 aliphatic carbocycles. The van der Waals surface area contributed by atoms with Gasteiger partial charge >= 0.3 is 0 Å². The molecule has 1 aliphatic heterocycles. The van der Waals surface area contributed by atoms with Gasteiger partial charge in [0.05, 0.1) is 12.6 Å². The van der Waals surface area contributed by atoms with E-state index in [1.54, 1.807) is 6.20 Å². The first-order valence-electron chi connectivity index (χ1n) is 13.3. The lowest BCUT2D eigenvalue weighted by atomic mass is 9.91. The summed E-state index contributed by atoms with van der Waals surface area (Å²) >= 11 is 0. The number of nitrogens with zero attached hydrogens (tertiary/aromatic N) is 7. The van der Waals surface area contributed by atoms with Gasteiger partial charge in [-0.25, -0.2) is 9.67 Å². The zero-order valence-corrected chi connectivity index (χ0v) is 21.1. The van der Waals surface area contributed by atoms with Crippen molar-refractivity contribution in [2.45, 2.75) is 44.3 Å². The Kier molecular flexibility index (Phi) is 7.19. The third-order valence-corrected chi connectivity index (χ3v) is 7.56. The zero-order valence-electron chi connectivity index (χ0n) is 21.1. The van der Waals surface area contributed by atoms with Crippen molar-refractivity contribution in [1.29, 1.82) is 0 Å². The summed E-state index contributed by atoms with van der Waals surface area (Å²) in [5.74, 6) is 2.22. The minimum absolute atomic E-state index is 0.0380. The second-order valence-corrected chi connectivity index (χ2v) is 9.93. The molecule has 1 saturated carbocycles. The topological polar surface area (TPSA) is 72.2 Å². The largest absolute Gasteiger partial charge is 0.439 e. The molecule has 6 rings (SSSR count). The van der Waals surface area contributed by atoms with Crippen molar-refractivity contribution in [2.24, 2.45) is 0 Å². The smallest absolute Gasteiger partial charge is 0.219 e. The van der Waals surface area contributed by atoms with Gasteiger partial charge in [0.2, 0.25) is 5.88 Å². The highest BCUT2D eigenvalue weighted by atomic mass is 16.5. The second kappa shape index (κ2) is 11.2. The Labute approximate surface area is 217 Å². The SMILES string of the molecule is c1ccc(Cn2nnnc2C(c2ccc(Oc3ccccn3)cc2)N2CCCN(C3CCC3)CC2)cc1. The van der Waals surface area contributed by atoms with Crippen molar-refractivity contribution in [3.05, 3.63) is 95.9 Å². The number of aromatic nitrogens is 5. The van der Waals surface area contributed by atoms with Gasteiger partial charge in [-0.1, -0.05) is 55.0 Å². The Morgan fingerprint density at radius 2 is 1.68 bits per heavy atom. The van der Waals surface area contributed by atoms with Crippen molar-refractivity contribution in [2.75, 3.05) is 26.2 Å². The zero-order chi connectivity index (χ0) is 24.9. The molecule has 2 aromatic carbocycles. The van der Waals surface area contributed by atoms with Crippen LogP contribution in [0.2, 0.25) is 0 Å². The molecule has 37 heavy (non-hydrogen) atoms. The van der Waals surface area contributed by atoms with E-state index >= 15 is 0 Å². The fraction of sp³-hybridized carbons (Fsp3) is 0.379. The minimum atomic E-state index is -0.0380. The van der Waals surface area contributed by atoms with E-state index in [0.717, 1.165) is 49.2 Å². The standard InChI is InChI=1S/C29H33N7O/c1-2-8-23(9-3-1)22-36-29(31-32-33-36)28(35-19-7-18-34(20-21-35)25-10-6-11-25)24-13-15-26(16-14-24)37-27-12-4-5-17-30-27/h1-5,8-9,12-17,25,28H,6-7,10-11,18-22H2. The summed E-state index contributed by atoms with van der Waals surface area (Å²) in [5.41, 5.74) is 2.34. The molecule has 8 nitrogen and oxygen atoms in total. The summed E-state index contributed by atoms with van der Waals surface area (Å²) in [6.07, 6.45) is 6.94. The van der Waals surface area contributed by atoms with Crippen LogP contribution >= 0.6 is 0 Å². The Morgan fingerprint density at radius 1 is 0.838 bits per heavy atom. The molecule has 0 N–H and O–H groups in total. The average Bonchev–Trinajstić information content (AvgIpc) is 3.22. The van der Waals surface area contributed by atoms with Gasteiger partial charge in [0.1, 0.15) is 5.75 Å². The maximum atomic E-state index is 5.95. The molecule has 0 amide bonds. The maximum Gasteiger partial charge on any atom is 0.219 e. The van der Waals surface area contributed by atoms with Crippen molar-refractivity contribution in [3.8, 4) is 11.6 Å². The number of benzene rings is 2. The fourth-order valence-corrected chi connectivity index (χ4v) is 5.38.